The monoisotopic (exact) mass is 260 g/mol. The lowest BCUT2D eigenvalue weighted by Crippen LogP contribution is -2.35. The Labute approximate surface area is 102 Å². The van der Waals surface area contributed by atoms with Crippen molar-refractivity contribution in [3.63, 3.8) is 0 Å². The van der Waals surface area contributed by atoms with Crippen molar-refractivity contribution in [3.8, 4) is 0 Å². The number of aromatic amines is 1. The van der Waals surface area contributed by atoms with Gasteiger partial charge in [-0.15, -0.1) is 0 Å². The fourth-order valence-electron chi connectivity index (χ4n) is 1.65. The average molecular weight is 260 g/mol. The van der Waals surface area contributed by atoms with E-state index in [-0.39, 0.29) is 17.6 Å². The van der Waals surface area contributed by atoms with Gasteiger partial charge in [0, 0.05) is 18.2 Å². The van der Waals surface area contributed by atoms with Gasteiger partial charge in [-0.2, -0.15) is 5.10 Å². The van der Waals surface area contributed by atoms with Crippen molar-refractivity contribution in [2.45, 2.75) is 50.7 Å². The lowest BCUT2D eigenvalue weighted by Gasteiger charge is -2.15. The molecule has 98 valence electrons. The zero-order valence-electron chi connectivity index (χ0n) is 10.2. The van der Waals surface area contributed by atoms with Crippen LogP contribution in [0.2, 0.25) is 0 Å². The first-order valence-corrected chi connectivity index (χ1v) is 7.28. The third-order valence-corrected chi connectivity index (χ3v) is 4.15. The van der Waals surface area contributed by atoms with E-state index in [4.69, 9.17) is 5.73 Å². The Balaban J connectivity index is 2.88. The second-order valence-electron chi connectivity index (χ2n) is 3.94. The summed E-state index contributed by atoms with van der Waals surface area (Å²) >= 11 is 0. The molecule has 0 radical (unpaired) electrons. The Morgan fingerprint density at radius 3 is 2.76 bits per heavy atom. The molecular formula is C10H20N4O2S. The van der Waals surface area contributed by atoms with Crippen LogP contribution in [0, 0.1) is 0 Å². The molecule has 1 rings (SSSR count). The quantitative estimate of drug-likeness (QED) is 0.672. The Morgan fingerprint density at radius 2 is 2.24 bits per heavy atom. The molecule has 4 N–H and O–H groups in total. The highest BCUT2D eigenvalue weighted by molar-refractivity contribution is 7.89. The van der Waals surface area contributed by atoms with Gasteiger partial charge in [-0.1, -0.05) is 20.3 Å². The van der Waals surface area contributed by atoms with Gasteiger partial charge in [0.25, 0.3) is 10.0 Å². The van der Waals surface area contributed by atoms with Crippen LogP contribution in [0.15, 0.2) is 11.2 Å². The summed E-state index contributed by atoms with van der Waals surface area (Å²) in [5.41, 5.74) is 5.97. The van der Waals surface area contributed by atoms with Crippen molar-refractivity contribution >= 4 is 10.0 Å². The van der Waals surface area contributed by atoms with E-state index in [2.05, 4.69) is 14.9 Å². The van der Waals surface area contributed by atoms with Crippen LogP contribution in [-0.4, -0.2) is 24.7 Å². The van der Waals surface area contributed by atoms with Gasteiger partial charge in [-0.05, 0) is 12.8 Å². The second kappa shape index (κ2) is 6.13. The maximum Gasteiger partial charge on any atom is 0.258 e. The minimum Gasteiger partial charge on any atom is -0.326 e. The zero-order chi connectivity index (χ0) is 12.9. The van der Waals surface area contributed by atoms with E-state index in [1.807, 2.05) is 13.8 Å². The largest absolute Gasteiger partial charge is 0.326 e. The van der Waals surface area contributed by atoms with Gasteiger partial charge in [0.05, 0.1) is 6.20 Å². The molecule has 0 aromatic carbocycles. The summed E-state index contributed by atoms with van der Waals surface area (Å²) in [7, 11) is -3.54. The molecule has 0 aliphatic carbocycles. The predicted octanol–water partition coefficient (Wildman–Crippen LogP) is 0.725. The molecule has 1 aromatic rings. The summed E-state index contributed by atoms with van der Waals surface area (Å²) < 4.78 is 26.8. The van der Waals surface area contributed by atoms with Gasteiger partial charge in [-0.3, -0.25) is 5.10 Å². The molecule has 0 saturated heterocycles. The third kappa shape index (κ3) is 3.52. The van der Waals surface area contributed by atoms with E-state index in [0.717, 1.165) is 19.3 Å². The molecule has 1 unspecified atom stereocenters. The fraction of sp³-hybridized carbons (Fsp3) is 0.700. The topological polar surface area (TPSA) is 101 Å². The highest BCUT2D eigenvalue weighted by atomic mass is 32.2. The average Bonchev–Trinajstić information content (AvgIpc) is 2.77. The normalized spacial score (nSPS) is 13.8. The molecule has 0 amide bonds. The molecule has 0 spiro atoms. The van der Waals surface area contributed by atoms with E-state index in [0.29, 0.717) is 5.56 Å². The number of sulfonamides is 1. The number of hydrogen-bond acceptors (Lipinski definition) is 4. The van der Waals surface area contributed by atoms with Crippen LogP contribution in [0.25, 0.3) is 0 Å². The van der Waals surface area contributed by atoms with Crippen LogP contribution in [0.3, 0.4) is 0 Å². The van der Waals surface area contributed by atoms with Gasteiger partial charge in [-0.25, -0.2) is 13.1 Å². The summed E-state index contributed by atoms with van der Waals surface area (Å²) in [6, 6.07) is -0.0427. The highest BCUT2D eigenvalue weighted by Gasteiger charge is 2.22. The predicted molar refractivity (Wildman–Crippen MR) is 65.8 cm³/mol. The van der Waals surface area contributed by atoms with E-state index < -0.39 is 10.0 Å². The number of nitrogens with zero attached hydrogens (tertiary/aromatic N) is 1. The summed E-state index contributed by atoms with van der Waals surface area (Å²) in [6.07, 6.45) is 3.96. The van der Waals surface area contributed by atoms with Crippen LogP contribution < -0.4 is 10.5 Å². The third-order valence-electron chi connectivity index (χ3n) is 2.62. The minimum atomic E-state index is -3.54. The fourth-order valence-corrected chi connectivity index (χ4v) is 3.15. The van der Waals surface area contributed by atoms with Gasteiger partial charge < -0.3 is 5.73 Å². The standard InChI is InChI=1S/C10H20N4O2S/c1-3-5-9(4-2)14-17(15,16)10-8(6-11)7-12-13-10/h7,9,14H,3-6,11H2,1-2H3,(H,12,13). The Morgan fingerprint density at radius 1 is 1.53 bits per heavy atom. The van der Waals surface area contributed by atoms with Crippen molar-refractivity contribution in [1.29, 1.82) is 0 Å². The van der Waals surface area contributed by atoms with Crippen LogP contribution in [0.4, 0.5) is 0 Å². The minimum absolute atomic E-state index is 0.0427. The molecule has 0 aliphatic rings. The molecule has 17 heavy (non-hydrogen) atoms. The first kappa shape index (κ1) is 14.1. The number of aromatic nitrogens is 2. The van der Waals surface area contributed by atoms with E-state index in [1.54, 1.807) is 0 Å². The molecule has 0 fully saturated rings. The van der Waals surface area contributed by atoms with Crippen molar-refractivity contribution in [2.24, 2.45) is 5.73 Å². The molecule has 1 heterocycles. The number of nitrogens with one attached hydrogen (secondary N) is 2. The van der Waals surface area contributed by atoms with E-state index in [1.165, 1.54) is 6.20 Å². The van der Waals surface area contributed by atoms with Crippen LogP contribution in [0.5, 0.6) is 0 Å². The first-order chi connectivity index (χ1) is 8.05. The molecule has 6 nitrogen and oxygen atoms in total. The smallest absolute Gasteiger partial charge is 0.258 e. The summed E-state index contributed by atoms with van der Waals surface area (Å²) in [6.45, 7) is 4.13. The number of H-pyrrole nitrogens is 1. The number of nitrogens with two attached hydrogens (primary N) is 1. The van der Waals surface area contributed by atoms with E-state index >= 15 is 0 Å². The molecule has 1 aromatic heterocycles. The van der Waals surface area contributed by atoms with Crippen molar-refractivity contribution < 1.29 is 8.42 Å². The molecule has 0 saturated carbocycles. The SMILES string of the molecule is CCCC(CC)NS(=O)(=O)c1[nH]ncc1CN. The Hall–Kier alpha value is -0.920. The lowest BCUT2D eigenvalue weighted by molar-refractivity contribution is 0.509. The van der Waals surface area contributed by atoms with E-state index in [9.17, 15) is 8.42 Å². The van der Waals surface area contributed by atoms with Crippen molar-refractivity contribution in [3.05, 3.63) is 11.8 Å². The highest BCUT2D eigenvalue weighted by Crippen LogP contribution is 2.13. The Bertz CT molecular complexity index is 441. The molecule has 1 atom stereocenters. The van der Waals surface area contributed by atoms with Gasteiger partial charge >= 0.3 is 0 Å². The van der Waals surface area contributed by atoms with Gasteiger partial charge in [0.15, 0.2) is 5.03 Å². The molecular weight excluding hydrogens is 240 g/mol. The van der Waals surface area contributed by atoms with Crippen molar-refractivity contribution in [2.75, 3.05) is 0 Å². The number of rotatable bonds is 7. The maximum absolute atomic E-state index is 12.1. The van der Waals surface area contributed by atoms with Gasteiger partial charge in [0.1, 0.15) is 0 Å². The van der Waals surface area contributed by atoms with Crippen LogP contribution in [0.1, 0.15) is 38.7 Å². The van der Waals surface area contributed by atoms with Gasteiger partial charge in [0.2, 0.25) is 0 Å². The molecule has 0 aliphatic heterocycles. The number of hydrogen-bond donors (Lipinski definition) is 3. The summed E-state index contributed by atoms with van der Waals surface area (Å²) in [5, 5.41) is 6.28. The maximum atomic E-state index is 12.1. The second-order valence-corrected chi connectivity index (χ2v) is 5.59. The Kier molecular flexibility index (Phi) is 5.10. The zero-order valence-corrected chi connectivity index (χ0v) is 11.0. The van der Waals surface area contributed by atoms with Crippen LogP contribution in [-0.2, 0) is 16.6 Å². The lowest BCUT2D eigenvalue weighted by atomic mass is 10.1. The van der Waals surface area contributed by atoms with Crippen molar-refractivity contribution in [1.82, 2.24) is 14.9 Å². The van der Waals surface area contributed by atoms with Crippen LogP contribution >= 0.6 is 0 Å². The summed E-state index contributed by atoms with van der Waals surface area (Å²) in [5.74, 6) is 0. The molecule has 7 heteroatoms. The molecule has 0 bridgehead atoms. The summed E-state index contributed by atoms with van der Waals surface area (Å²) in [4.78, 5) is 0. The first-order valence-electron chi connectivity index (χ1n) is 5.79.